The van der Waals surface area contributed by atoms with Crippen LogP contribution in [0.2, 0.25) is 0 Å². The standard InChI is InChI=1S/C19H21N3O3/c1-3-11-25-16-10-9-13(12-17(16)24-4-2)18(23)22-19-20-14-7-5-6-8-15(14)21-19/h5-10,12H,3-4,11H2,1-2H3,(H2,20,21,22,23). The van der Waals surface area contributed by atoms with Crippen molar-refractivity contribution in [2.24, 2.45) is 0 Å². The van der Waals surface area contributed by atoms with Crippen molar-refractivity contribution in [2.45, 2.75) is 20.3 Å². The summed E-state index contributed by atoms with van der Waals surface area (Å²) in [5, 5.41) is 2.78. The van der Waals surface area contributed by atoms with Gasteiger partial charge in [-0.15, -0.1) is 0 Å². The van der Waals surface area contributed by atoms with Crippen LogP contribution in [-0.2, 0) is 0 Å². The molecule has 0 radical (unpaired) electrons. The highest BCUT2D eigenvalue weighted by atomic mass is 16.5. The molecule has 130 valence electrons. The first kappa shape index (κ1) is 16.8. The van der Waals surface area contributed by atoms with E-state index in [1.54, 1.807) is 18.2 Å². The van der Waals surface area contributed by atoms with E-state index in [-0.39, 0.29) is 5.91 Å². The largest absolute Gasteiger partial charge is 0.490 e. The second-order valence-electron chi connectivity index (χ2n) is 5.50. The zero-order valence-corrected chi connectivity index (χ0v) is 14.3. The molecule has 3 aromatic rings. The van der Waals surface area contributed by atoms with E-state index in [1.807, 2.05) is 38.1 Å². The zero-order chi connectivity index (χ0) is 17.6. The summed E-state index contributed by atoms with van der Waals surface area (Å²) in [6.45, 7) is 5.03. The van der Waals surface area contributed by atoms with Crippen molar-refractivity contribution in [3.63, 3.8) is 0 Å². The molecule has 1 aromatic heterocycles. The Kier molecular flexibility index (Phi) is 5.18. The predicted octanol–water partition coefficient (Wildman–Crippen LogP) is 4.00. The van der Waals surface area contributed by atoms with Crippen LogP contribution in [0.25, 0.3) is 11.0 Å². The molecule has 1 amide bonds. The fraction of sp³-hybridized carbons (Fsp3) is 0.263. The van der Waals surface area contributed by atoms with E-state index in [0.29, 0.717) is 36.2 Å². The van der Waals surface area contributed by atoms with Crippen LogP contribution in [0.5, 0.6) is 11.5 Å². The molecular formula is C19H21N3O3. The van der Waals surface area contributed by atoms with Crippen LogP contribution >= 0.6 is 0 Å². The summed E-state index contributed by atoms with van der Waals surface area (Å²) in [4.78, 5) is 19.9. The van der Waals surface area contributed by atoms with Crippen LogP contribution in [0.1, 0.15) is 30.6 Å². The van der Waals surface area contributed by atoms with Gasteiger partial charge in [0.1, 0.15) is 0 Å². The third-order valence-corrected chi connectivity index (χ3v) is 3.59. The highest BCUT2D eigenvalue weighted by Crippen LogP contribution is 2.29. The number of rotatable bonds is 7. The minimum absolute atomic E-state index is 0.262. The van der Waals surface area contributed by atoms with E-state index in [4.69, 9.17) is 9.47 Å². The molecule has 2 aromatic carbocycles. The maximum absolute atomic E-state index is 12.5. The Balaban J connectivity index is 1.79. The van der Waals surface area contributed by atoms with Crippen molar-refractivity contribution in [1.29, 1.82) is 0 Å². The van der Waals surface area contributed by atoms with E-state index in [2.05, 4.69) is 15.3 Å². The fourth-order valence-corrected chi connectivity index (χ4v) is 2.44. The van der Waals surface area contributed by atoms with Crippen molar-refractivity contribution in [2.75, 3.05) is 18.5 Å². The number of carbonyl (C=O) groups excluding carboxylic acids is 1. The molecule has 25 heavy (non-hydrogen) atoms. The van der Waals surface area contributed by atoms with Gasteiger partial charge in [-0.3, -0.25) is 10.1 Å². The summed E-state index contributed by atoms with van der Waals surface area (Å²) in [5.41, 5.74) is 2.15. The van der Waals surface area contributed by atoms with Gasteiger partial charge in [-0.05, 0) is 43.7 Å². The molecule has 3 rings (SSSR count). The van der Waals surface area contributed by atoms with Crippen LogP contribution in [0, 0.1) is 0 Å². The number of ether oxygens (including phenoxy) is 2. The normalized spacial score (nSPS) is 10.6. The number of amides is 1. The smallest absolute Gasteiger partial charge is 0.258 e. The van der Waals surface area contributed by atoms with Gasteiger partial charge in [-0.2, -0.15) is 0 Å². The number of fused-ring (bicyclic) bond motifs is 1. The number of aromatic amines is 1. The first-order valence-electron chi connectivity index (χ1n) is 8.37. The lowest BCUT2D eigenvalue weighted by Gasteiger charge is -2.12. The number of aromatic nitrogens is 2. The van der Waals surface area contributed by atoms with Crippen molar-refractivity contribution in [1.82, 2.24) is 9.97 Å². The number of nitrogens with one attached hydrogen (secondary N) is 2. The number of imidazole rings is 1. The molecular weight excluding hydrogens is 318 g/mol. The van der Waals surface area contributed by atoms with Crippen molar-refractivity contribution in [3.8, 4) is 11.5 Å². The molecule has 0 spiro atoms. The average Bonchev–Trinajstić information content (AvgIpc) is 3.03. The Bertz CT molecular complexity index is 840. The maximum Gasteiger partial charge on any atom is 0.258 e. The first-order valence-corrected chi connectivity index (χ1v) is 8.37. The summed E-state index contributed by atoms with van der Waals surface area (Å²) < 4.78 is 11.3. The van der Waals surface area contributed by atoms with E-state index in [1.165, 1.54) is 0 Å². The number of hydrogen-bond donors (Lipinski definition) is 2. The minimum Gasteiger partial charge on any atom is -0.490 e. The average molecular weight is 339 g/mol. The summed E-state index contributed by atoms with van der Waals surface area (Å²) in [7, 11) is 0. The van der Waals surface area contributed by atoms with Gasteiger partial charge in [0.2, 0.25) is 5.95 Å². The van der Waals surface area contributed by atoms with Crippen LogP contribution < -0.4 is 14.8 Å². The molecule has 0 aliphatic carbocycles. The molecule has 0 aliphatic rings. The maximum atomic E-state index is 12.5. The summed E-state index contributed by atoms with van der Waals surface area (Å²) >= 11 is 0. The quantitative estimate of drug-likeness (QED) is 0.682. The molecule has 0 atom stereocenters. The lowest BCUT2D eigenvalue weighted by molar-refractivity contribution is 0.102. The van der Waals surface area contributed by atoms with Gasteiger partial charge in [0, 0.05) is 5.56 Å². The summed E-state index contributed by atoms with van der Waals surface area (Å²) in [6.07, 6.45) is 0.903. The summed E-state index contributed by atoms with van der Waals surface area (Å²) in [5.74, 6) is 1.36. The fourth-order valence-electron chi connectivity index (χ4n) is 2.44. The highest BCUT2D eigenvalue weighted by molar-refractivity contribution is 6.04. The second kappa shape index (κ2) is 7.70. The number of nitrogens with zero attached hydrogens (tertiary/aromatic N) is 1. The number of anilines is 1. The first-order chi connectivity index (χ1) is 12.2. The van der Waals surface area contributed by atoms with Gasteiger partial charge in [0.05, 0.1) is 24.2 Å². The van der Waals surface area contributed by atoms with Crippen molar-refractivity contribution in [3.05, 3.63) is 48.0 Å². The molecule has 0 saturated heterocycles. The highest BCUT2D eigenvalue weighted by Gasteiger charge is 2.13. The van der Waals surface area contributed by atoms with Gasteiger partial charge in [0.25, 0.3) is 5.91 Å². The molecule has 6 heteroatoms. The molecule has 0 aliphatic heterocycles. The zero-order valence-electron chi connectivity index (χ0n) is 14.3. The molecule has 0 fully saturated rings. The molecule has 0 saturated carbocycles. The van der Waals surface area contributed by atoms with Crippen molar-refractivity contribution >= 4 is 22.9 Å². The number of carbonyl (C=O) groups is 1. The molecule has 1 heterocycles. The number of hydrogen-bond acceptors (Lipinski definition) is 4. The lowest BCUT2D eigenvalue weighted by atomic mass is 10.2. The van der Waals surface area contributed by atoms with E-state index in [0.717, 1.165) is 17.5 Å². The van der Waals surface area contributed by atoms with E-state index >= 15 is 0 Å². The van der Waals surface area contributed by atoms with Gasteiger partial charge >= 0.3 is 0 Å². The van der Waals surface area contributed by atoms with Crippen LogP contribution in [0.3, 0.4) is 0 Å². The Hall–Kier alpha value is -3.02. The number of benzene rings is 2. The third-order valence-electron chi connectivity index (χ3n) is 3.59. The third kappa shape index (κ3) is 3.91. The van der Waals surface area contributed by atoms with Gasteiger partial charge in [-0.25, -0.2) is 4.98 Å². The SMILES string of the molecule is CCCOc1ccc(C(=O)Nc2nc3ccccc3[nH]2)cc1OCC. The van der Waals surface area contributed by atoms with E-state index in [9.17, 15) is 4.79 Å². The monoisotopic (exact) mass is 339 g/mol. The Labute approximate surface area is 146 Å². The number of para-hydroxylation sites is 2. The van der Waals surface area contributed by atoms with Gasteiger partial charge in [0.15, 0.2) is 11.5 Å². The van der Waals surface area contributed by atoms with Crippen LogP contribution in [-0.4, -0.2) is 29.1 Å². The lowest BCUT2D eigenvalue weighted by Crippen LogP contribution is -2.13. The molecule has 0 bridgehead atoms. The Morgan fingerprint density at radius 2 is 1.96 bits per heavy atom. The number of H-pyrrole nitrogens is 1. The van der Waals surface area contributed by atoms with Gasteiger partial charge in [-0.1, -0.05) is 19.1 Å². The topological polar surface area (TPSA) is 76.2 Å². The van der Waals surface area contributed by atoms with E-state index < -0.39 is 0 Å². The summed E-state index contributed by atoms with van der Waals surface area (Å²) in [6, 6.07) is 12.8. The molecule has 6 nitrogen and oxygen atoms in total. The van der Waals surface area contributed by atoms with Crippen LogP contribution in [0.15, 0.2) is 42.5 Å². The Morgan fingerprint density at radius 1 is 1.12 bits per heavy atom. The predicted molar refractivity (Wildman–Crippen MR) is 97.4 cm³/mol. The van der Waals surface area contributed by atoms with Crippen LogP contribution in [0.4, 0.5) is 5.95 Å². The van der Waals surface area contributed by atoms with Crippen molar-refractivity contribution < 1.29 is 14.3 Å². The second-order valence-corrected chi connectivity index (χ2v) is 5.50. The Morgan fingerprint density at radius 3 is 2.72 bits per heavy atom. The molecule has 2 N–H and O–H groups in total. The molecule has 0 unspecified atom stereocenters. The van der Waals surface area contributed by atoms with Gasteiger partial charge < -0.3 is 14.5 Å². The minimum atomic E-state index is -0.262.